The van der Waals surface area contributed by atoms with E-state index in [2.05, 4.69) is 31.2 Å². The number of aliphatic imine (C=N–C) groups is 1. The molecule has 0 radical (unpaired) electrons. The van der Waals surface area contributed by atoms with Crippen molar-refractivity contribution in [3.8, 4) is 11.5 Å². The first-order valence-corrected chi connectivity index (χ1v) is 9.66. The summed E-state index contributed by atoms with van der Waals surface area (Å²) in [5.74, 6) is 1.93. The van der Waals surface area contributed by atoms with Crippen molar-refractivity contribution < 1.29 is 14.4 Å². The molecule has 29 heavy (non-hydrogen) atoms. The van der Waals surface area contributed by atoms with Gasteiger partial charge in [0, 0.05) is 30.2 Å². The molecule has 3 N–H and O–H groups in total. The normalized spacial score (nSPS) is 17.8. The van der Waals surface area contributed by atoms with Crippen LogP contribution in [0.4, 0.5) is 11.6 Å². The van der Waals surface area contributed by atoms with E-state index in [1.165, 1.54) is 6.07 Å². The summed E-state index contributed by atoms with van der Waals surface area (Å²) in [5.41, 5.74) is 7.95. The summed E-state index contributed by atoms with van der Waals surface area (Å²) in [7, 11) is 0. The molecule has 0 aliphatic carbocycles. The van der Waals surface area contributed by atoms with Gasteiger partial charge < -0.3 is 15.2 Å². The van der Waals surface area contributed by atoms with E-state index in [1.54, 1.807) is 12.1 Å². The summed E-state index contributed by atoms with van der Waals surface area (Å²) < 4.78 is 13.8. The first-order chi connectivity index (χ1) is 14.0. The summed E-state index contributed by atoms with van der Waals surface area (Å²) in [6.45, 7) is 1.14. The molecule has 1 unspecified atom stereocenters. The van der Waals surface area contributed by atoms with Gasteiger partial charge >= 0.3 is 0 Å². The number of ether oxygens (including phenoxy) is 2. The van der Waals surface area contributed by atoms with E-state index in [9.17, 15) is 10.1 Å². The highest BCUT2D eigenvalue weighted by Crippen LogP contribution is 2.40. The zero-order valence-corrected chi connectivity index (χ0v) is 16.5. The van der Waals surface area contributed by atoms with Crippen LogP contribution in [0.25, 0.3) is 11.0 Å². The minimum Gasteiger partial charge on any atom is -0.489 e. The molecule has 0 amide bonds. The lowest BCUT2D eigenvalue weighted by Gasteiger charge is -2.24. The van der Waals surface area contributed by atoms with Crippen LogP contribution in [0.15, 0.2) is 39.8 Å². The van der Waals surface area contributed by atoms with Gasteiger partial charge in [-0.15, -0.1) is 0 Å². The second-order valence-corrected chi connectivity index (χ2v) is 7.48. The van der Waals surface area contributed by atoms with Crippen molar-refractivity contribution in [1.82, 2.24) is 9.55 Å². The second kappa shape index (κ2) is 6.62. The maximum Gasteiger partial charge on any atom is 0.283 e. The number of hydrogen-bond acceptors (Lipinski definition) is 8. The number of imidazole rings is 1. The van der Waals surface area contributed by atoms with E-state index < -0.39 is 11.1 Å². The summed E-state index contributed by atoms with van der Waals surface area (Å²) in [5, 5.41) is 14.3. The van der Waals surface area contributed by atoms with E-state index in [4.69, 9.17) is 15.2 Å². The Kier molecular flexibility index (Phi) is 4.05. The van der Waals surface area contributed by atoms with Crippen LogP contribution < -0.4 is 20.5 Å². The van der Waals surface area contributed by atoms with Crippen LogP contribution in [0, 0.1) is 10.1 Å². The van der Waals surface area contributed by atoms with Gasteiger partial charge in [0.2, 0.25) is 5.95 Å². The van der Waals surface area contributed by atoms with Crippen molar-refractivity contribution in [3.05, 3.63) is 50.5 Å². The number of guanidine groups is 1. The number of nitrogens with one attached hydrogen (secondary N) is 1. The first kappa shape index (κ1) is 17.7. The lowest BCUT2D eigenvalue weighted by Crippen LogP contribution is -2.31. The Morgan fingerprint density at radius 2 is 2.00 bits per heavy atom. The maximum absolute atomic E-state index is 11.4. The van der Waals surface area contributed by atoms with E-state index in [-0.39, 0.29) is 11.6 Å². The van der Waals surface area contributed by atoms with Gasteiger partial charge in [0.05, 0.1) is 33.6 Å². The molecule has 11 heteroatoms. The van der Waals surface area contributed by atoms with Crippen LogP contribution in [0.3, 0.4) is 0 Å². The lowest BCUT2D eigenvalue weighted by atomic mass is 10.1. The average molecular weight is 459 g/mol. The quantitative estimate of drug-likeness (QED) is 0.445. The Labute approximate surface area is 172 Å². The van der Waals surface area contributed by atoms with Crippen LogP contribution in [0.1, 0.15) is 18.2 Å². The smallest absolute Gasteiger partial charge is 0.283 e. The number of nitro groups is 1. The Balaban J connectivity index is 1.70. The van der Waals surface area contributed by atoms with Gasteiger partial charge in [0.25, 0.3) is 5.69 Å². The highest BCUT2D eigenvalue weighted by molar-refractivity contribution is 9.10. The predicted molar refractivity (Wildman–Crippen MR) is 110 cm³/mol. The number of hydrogen-bond donors (Lipinski definition) is 2. The fraction of sp³-hybridized carbons (Fsp3) is 0.222. The third-order valence-corrected chi connectivity index (χ3v) is 5.44. The van der Waals surface area contributed by atoms with E-state index in [0.717, 1.165) is 11.9 Å². The van der Waals surface area contributed by atoms with Crippen molar-refractivity contribution >= 4 is 44.6 Å². The molecule has 3 heterocycles. The fourth-order valence-corrected chi connectivity index (χ4v) is 3.87. The Morgan fingerprint density at radius 1 is 1.24 bits per heavy atom. The summed E-state index contributed by atoms with van der Waals surface area (Å²) in [4.78, 5) is 20.0. The van der Waals surface area contributed by atoms with Gasteiger partial charge in [-0.05, 0) is 22.0 Å². The Hall–Kier alpha value is -3.34. The first-order valence-electron chi connectivity index (χ1n) is 8.87. The highest BCUT2D eigenvalue weighted by atomic mass is 79.9. The predicted octanol–water partition coefficient (Wildman–Crippen LogP) is 3.16. The van der Waals surface area contributed by atoms with Crippen LogP contribution in [-0.4, -0.2) is 33.6 Å². The minimum atomic E-state index is -0.618. The molecule has 0 fully saturated rings. The lowest BCUT2D eigenvalue weighted by molar-refractivity contribution is -0.385. The fourth-order valence-electron chi connectivity index (χ4n) is 3.48. The molecule has 148 valence electrons. The van der Waals surface area contributed by atoms with E-state index >= 15 is 0 Å². The van der Waals surface area contributed by atoms with Crippen molar-refractivity contribution in [3.63, 3.8) is 0 Å². The standard InChI is InChI=1S/C18H15BrN6O4/c19-10-3-2-9(6-12(10)25(26)27)16-22-17(20)23-18-21-11-7-14-15(8-13(11)24(16)18)29-5-1-4-28-14/h2-3,6-8,16H,1,4-5H2,(H3,20,21,22,23). The molecule has 10 nitrogen and oxygen atoms in total. The van der Waals surface area contributed by atoms with Crippen LogP contribution in [0.2, 0.25) is 0 Å². The molecule has 0 saturated heterocycles. The van der Waals surface area contributed by atoms with Crippen LogP contribution in [0.5, 0.6) is 11.5 Å². The zero-order chi connectivity index (χ0) is 20.1. The monoisotopic (exact) mass is 458 g/mol. The van der Waals surface area contributed by atoms with Crippen molar-refractivity contribution in [2.45, 2.75) is 12.6 Å². The second-order valence-electron chi connectivity index (χ2n) is 6.62. The van der Waals surface area contributed by atoms with Crippen molar-refractivity contribution in [2.24, 2.45) is 10.7 Å². The molecule has 3 aromatic rings. The Bertz CT molecular complexity index is 1190. The largest absolute Gasteiger partial charge is 0.489 e. The molecular formula is C18H15BrN6O4. The summed E-state index contributed by atoms with van der Waals surface area (Å²) in [6.07, 6.45) is 0.179. The van der Waals surface area contributed by atoms with E-state index in [1.807, 2.05) is 16.7 Å². The van der Waals surface area contributed by atoms with Crippen molar-refractivity contribution in [2.75, 3.05) is 18.5 Å². The van der Waals surface area contributed by atoms with Crippen LogP contribution >= 0.6 is 15.9 Å². The number of nitrogens with zero attached hydrogens (tertiary/aromatic N) is 4. The molecule has 2 aliphatic rings. The molecule has 5 rings (SSSR count). The molecule has 0 bridgehead atoms. The van der Waals surface area contributed by atoms with Gasteiger partial charge in [-0.1, -0.05) is 6.07 Å². The molecule has 2 aromatic carbocycles. The third kappa shape index (κ3) is 2.94. The number of nitrogens with two attached hydrogens (primary N) is 1. The average Bonchev–Trinajstić information content (AvgIpc) is 2.87. The number of benzene rings is 2. The number of anilines is 1. The maximum atomic E-state index is 11.4. The molecular weight excluding hydrogens is 444 g/mol. The number of fused-ring (bicyclic) bond motifs is 4. The topological polar surface area (TPSA) is 130 Å². The van der Waals surface area contributed by atoms with Gasteiger partial charge in [-0.3, -0.25) is 20.0 Å². The van der Waals surface area contributed by atoms with Crippen molar-refractivity contribution in [1.29, 1.82) is 0 Å². The van der Waals surface area contributed by atoms with Crippen LogP contribution in [-0.2, 0) is 0 Å². The highest BCUT2D eigenvalue weighted by Gasteiger charge is 2.28. The number of nitro benzene ring substituents is 1. The Morgan fingerprint density at radius 3 is 2.76 bits per heavy atom. The minimum absolute atomic E-state index is 0.0497. The molecule has 0 spiro atoms. The van der Waals surface area contributed by atoms with Gasteiger partial charge in [-0.2, -0.15) is 0 Å². The number of rotatable bonds is 2. The van der Waals surface area contributed by atoms with E-state index in [0.29, 0.717) is 46.2 Å². The van der Waals surface area contributed by atoms with Gasteiger partial charge in [-0.25, -0.2) is 9.98 Å². The molecule has 1 atom stereocenters. The van der Waals surface area contributed by atoms with Gasteiger partial charge in [0.1, 0.15) is 0 Å². The summed E-state index contributed by atoms with van der Waals surface area (Å²) >= 11 is 3.22. The van der Waals surface area contributed by atoms with Gasteiger partial charge in [0.15, 0.2) is 23.6 Å². The summed E-state index contributed by atoms with van der Waals surface area (Å²) in [6, 6.07) is 8.55. The third-order valence-electron chi connectivity index (χ3n) is 4.77. The molecule has 2 aliphatic heterocycles. The molecule has 0 saturated carbocycles. The number of halogens is 1. The SMILES string of the molecule is NC1=NC(c2ccc(Br)c([N+](=O)[O-])c2)n2c(nc3cc4c(cc32)OCCCO4)N1. The molecule has 1 aromatic heterocycles. The number of aromatic nitrogens is 2. The zero-order valence-electron chi connectivity index (χ0n) is 15.0.